The molecule has 1 aromatic carbocycles. The number of hydrogen-bond acceptors (Lipinski definition) is 3. The van der Waals surface area contributed by atoms with Crippen molar-refractivity contribution in [2.75, 3.05) is 19.8 Å². The van der Waals surface area contributed by atoms with E-state index < -0.39 is 0 Å². The third-order valence-corrected chi connectivity index (χ3v) is 3.48. The van der Waals surface area contributed by atoms with Crippen molar-refractivity contribution >= 4 is 35.0 Å². The summed E-state index contributed by atoms with van der Waals surface area (Å²) in [5, 5.41) is 0.393. The van der Waals surface area contributed by atoms with Crippen LogP contribution in [0.4, 0.5) is 5.69 Å². The van der Waals surface area contributed by atoms with Gasteiger partial charge in [-0.3, -0.25) is 4.79 Å². The lowest BCUT2D eigenvalue weighted by atomic mass is 10.3. The summed E-state index contributed by atoms with van der Waals surface area (Å²) < 4.78 is 0. The highest BCUT2D eigenvalue weighted by molar-refractivity contribution is 8.00. The Bertz CT molecular complexity index is 396. The molecular formula is C11H15ClN2OS. The third kappa shape index (κ3) is 3.32. The molecule has 0 fully saturated rings. The number of nitrogen functional groups attached to an aromatic ring is 1. The van der Waals surface area contributed by atoms with Crippen LogP contribution in [-0.4, -0.2) is 30.2 Å². The summed E-state index contributed by atoms with van der Waals surface area (Å²) in [7, 11) is 3.49. The largest absolute Gasteiger partial charge is 0.398 e. The van der Waals surface area contributed by atoms with Crippen LogP contribution in [0.2, 0.25) is 5.02 Å². The average Bonchev–Trinajstić information content (AvgIpc) is 2.22. The maximum absolute atomic E-state index is 11.6. The van der Waals surface area contributed by atoms with Crippen LogP contribution in [-0.2, 0) is 4.79 Å². The number of thioether (sulfide) groups is 1. The molecule has 88 valence electrons. The lowest BCUT2D eigenvalue weighted by Gasteiger charge is -2.16. The van der Waals surface area contributed by atoms with Crippen molar-refractivity contribution < 1.29 is 4.79 Å². The summed E-state index contributed by atoms with van der Waals surface area (Å²) in [6.45, 7) is 1.87. The van der Waals surface area contributed by atoms with E-state index in [-0.39, 0.29) is 11.2 Å². The number of halogens is 1. The fourth-order valence-electron chi connectivity index (χ4n) is 1.20. The van der Waals surface area contributed by atoms with E-state index in [1.807, 2.05) is 13.0 Å². The number of nitrogens with two attached hydrogens (primary N) is 1. The van der Waals surface area contributed by atoms with Crippen LogP contribution in [0.1, 0.15) is 6.92 Å². The Morgan fingerprint density at radius 3 is 2.62 bits per heavy atom. The lowest BCUT2D eigenvalue weighted by molar-refractivity contribution is -0.127. The molecule has 0 spiro atoms. The Labute approximate surface area is 105 Å². The average molecular weight is 259 g/mol. The smallest absolute Gasteiger partial charge is 0.235 e. The van der Waals surface area contributed by atoms with Gasteiger partial charge in [0, 0.05) is 19.0 Å². The first-order valence-electron chi connectivity index (χ1n) is 4.84. The van der Waals surface area contributed by atoms with Gasteiger partial charge in [0.25, 0.3) is 0 Å². The highest BCUT2D eigenvalue weighted by Gasteiger charge is 2.16. The molecule has 2 N–H and O–H groups in total. The van der Waals surface area contributed by atoms with Crippen LogP contribution >= 0.6 is 23.4 Å². The van der Waals surface area contributed by atoms with Gasteiger partial charge in [0.2, 0.25) is 5.91 Å². The summed E-state index contributed by atoms with van der Waals surface area (Å²) in [5.41, 5.74) is 6.16. The monoisotopic (exact) mass is 258 g/mol. The van der Waals surface area contributed by atoms with Crippen molar-refractivity contribution in [2.24, 2.45) is 0 Å². The normalized spacial score (nSPS) is 12.2. The maximum Gasteiger partial charge on any atom is 0.235 e. The number of anilines is 1. The molecule has 1 amide bonds. The molecule has 1 unspecified atom stereocenters. The molecule has 0 aliphatic heterocycles. The fourth-order valence-corrected chi connectivity index (χ4v) is 2.50. The van der Waals surface area contributed by atoms with Gasteiger partial charge in [-0.1, -0.05) is 11.6 Å². The zero-order chi connectivity index (χ0) is 12.3. The molecule has 0 bridgehead atoms. The van der Waals surface area contributed by atoms with E-state index in [4.69, 9.17) is 17.3 Å². The lowest BCUT2D eigenvalue weighted by Crippen LogP contribution is -2.29. The fraction of sp³-hybridized carbons (Fsp3) is 0.364. The van der Waals surface area contributed by atoms with Gasteiger partial charge < -0.3 is 10.6 Å². The van der Waals surface area contributed by atoms with E-state index in [2.05, 4.69) is 0 Å². The number of hydrogen-bond donors (Lipinski definition) is 1. The molecule has 1 aromatic rings. The Morgan fingerprint density at radius 1 is 1.50 bits per heavy atom. The molecule has 1 atom stereocenters. The van der Waals surface area contributed by atoms with E-state index in [1.54, 1.807) is 31.1 Å². The van der Waals surface area contributed by atoms with Gasteiger partial charge in [-0.15, -0.1) is 11.8 Å². The topological polar surface area (TPSA) is 46.3 Å². The number of carbonyl (C=O) groups is 1. The first-order valence-corrected chi connectivity index (χ1v) is 6.10. The number of nitrogens with zero attached hydrogens (tertiary/aromatic N) is 1. The molecule has 5 heteroatoms. The third-order valence-electron chi connectivity index (χ3n) is 2.07. The molecular weight excluding hydrogens is 244 g/mol. The molecule has 0 aromatic heterocycles. The molecule has 0 saturated carbocycles. The number of carbonyl (C=O) groups excluding carboxylic acids is 1. The second-order valence-electron chi connectivity index (χ2n) is 3.68. The van der Waals surface area contributed by atoms with Crippen molar-refractivity contribution in [3.05, 3.63) is 23.2 Å². The van der Waals surface area contributed by atoms with Crippen molar-refractivity contribution in [3.63, 3.8) is 0 Å². The van der Waals surface area contributed by atoms with Crippen LogP contribution in [0.15, 0.2) is 23.1 Å². The van der Waals surface area contributed by atoms with E-state index >= 15 is 0 Å². The van der Waals surface area contributed by atoms with E-state index in [9.17, 15) is 4.79 Å². The van der Waals surface area contributed by atoms with E-state index in [1.165, 1.54) is 11.8 Å². The van der Waals surface area contributed by atoms with Crippen LogP contribution in [0.25, 0.3) is 0 Å². The predicted molar refractivity (Wildman–Crippen MR) is 69.9 cm³/mol. The first-order chi connectivity index (χ1) is 7.41. The SMILES string of the molecule is CC(Sc1ccc(N)c(Cl)c1)C(=O)N(C)C. The summed E-state index contributed by atoms with van der Waals surface area (Å²) in [4.78, 5) is 14.2. The van der Waals surface area contributed by atoms with Crippen LogP contribution < -0.4 is 5.73 Å². The minimum absolute atomic E-state index is 0.0814. The molecule has 3 nitrogen and oxygen atoms in total. The van der Waals surface area contributed by atoms with Gasteiger partial charge in [-0.05, 0) is 25.1 Å². The van der Waals surface area contributed by atoms with Gasteiger partial charge in [0.1, 0.15) is 0 Å². The number of benzene rings is 1. The Balaban J connectivity index is 2.73. The Kier molecular flexibility index (Phi) is 4.50. The highest BCUT2D eigenvalue weighted by Crippen LogP contribution is 2.29. The summed E-state index contributed by atoms with van der Waals surface area (Å²) >= 11 is 7.38. The summed E-state index contributed by atoms with van der Waals surface area (Å²) in [5.74, 6) is 0.0814. The van der Waals surface area contributed by atoms with Crippen LogP contribution in [0, 0.1) is 0 Å². The molecule has 0 aliphatic rings. The predicted octanol–water partition coefficient (Wildman–Crippen LogP) is 2.49. The van der Waals surface area contributed by atoms with Crippen molar-refractivity contribution in [2.45, 2.75) is 17.1 Å². The van der Waals surface area contributed by atoms with Gasteiger partial charge in [0.05, 0.1) is 16.0 Å². The van der Waals surface area contributed by atoms with Gasteiger partial charge in [0.15, 0.2) is 0 Å². The maximum atomic E-state index is 11.6. The first kappa shape index (κ1) is 13.2. The quantitative estimate of drug-likeness (QED) is 0.669. The zero-order valence-corrected chi connectivity index (χ0v) is 11.1. The van der Waals surface area contributed by atoms with Gasteiger partial charge in [-0.2, -0.15) is 0 Å². The second kappa shape index (κ2) is 5.46. The highest BCUT2D eigenvalue weighted by atomic mass is 35.5. The van der Waals surface area contributed by atoms with Crippen molar-refractivity contribution in [1.82, 2.24) is 4.90 Å². The number of rotatable bonds is 3. The van der Waals surface area contributed by atoms with Gasteiger partial charge >= 0.3 is 0 Å². The van der Waals surface area contributed by atoms with E-state index in [0.29, 0.717) is 10.7 Å². The minimum Gasteiger partial charge on any atom is -0.398 e. The molecule has 0 saturated heterocycles. The van der Waals surface area contributed by atoms with Gasteiger partial charge in [-0.25, -0.2) is 0 Å². The molecule has 0 radical (unpaired) electrons. The molecule has 0 aliphatic carbocycles. The standard InChI is InChI=1S/C11H15ClN2OS/c1-7(11(15)14(2)3)16-8-4-5-10(13)9(12)6-8/h4-7H,13H2,1-3H3. The molecule has 16 heavy (non-hydrogen) atoms. The van der Waals surface area contributed by atoms with Crippen molar-refractivity contribution in [1.29, 1.82) is 0 Å². The molecule has 1 rings (SSSR count). The second-order valence-corrected chi connectivity index (χ2v) is 5.50. The molecule has 0 heterocycles. The Morgan fingerprint density at radius 2 is 2.12 bits per heavy atom. The zero-order valence-electron chi connectivity index (χ0n) is 9.53. The Hall–Kier alpha value is -0.870. The summed E-state index contributed by atoms with van der Waals surface area (Å²) in [6, 6.07) is 5.39. The van der Waals surface area contributed by atoms with Crippen LogP contribution in [0.5, 0.6) is 0 Å². The van der Waals surface area contributed by atoms with E-state index in [0.717, 1.165) is 4.90 Å². The number of amides is 1. The summed E-state index contributed by atoms with van der Waals surface area (Å²) in [6.07, 6.45) is 0. The van der Waals surface area contributed by atoms with Crippen LogP contribution in [0.3, 0.4) is 0 Å². The minimum atomic E-state index is -0.130. The van der Waals surface area contributed by atoms with Crippen molar-refractivity contribution in [3.8, 4) is 0 Å².